The van der Waals surface area contributed by atoms with E-state index in [4.69, 9.17) is 15.6 Å². The molecule has 1 aromatic carbocycles. The number of rotatable bonds is 3. The van der Waals surface area contributed by atoms with Gasteiger partial charge in [-0.05, 0) is 18.2 Å². The topological polar surface area (TPSA) is 110 Å². The van der Waals surface area contributed by atoms with Crippen molar-refractivity contribution in [2.75, 3.05) is 43.9 Å². The third kappa shape index (κ3) is 3.07. The minimum Gasteiger partial charge on any atom is -0.497 e. The number of carbonyl (C=O) groups is 1. The first kappa shape index (κ1) is 17.0. The van der Waals surface area contributed by atoms with Crippen LogP contribution in [0.15, 0.2) is 36.5 Å². The second kappa shape index (κ2) is 6.67. The number of ether oxygens (including phenoxy) is 1. The van der Waals surface area contributed by atoms with Crippen LogP contribution >= 0.6 is 0 Å². The number of hydrogen-bond acceptors (Lipinski definition) is 6. The lowest BCUT2D eigenvalue weighted by Gasteiger charge is -2.33. The van der Waals surface area contributed by atoms with Crippen LogP contribution in [0.1, 0.15) is 0 Å². The van der Waals surface area contributed by atoms with Crippen molar-refractivity contribution in [1.29, 1.82) is 0 Å². The van der Waals surface area contributed by atoms with Crippen molar-refractivity contribution >= 4 is 28.6 Å². The number of benzene rings is 1. The summed E-state index contributed by atoms with van der Waals surface area (Å²) in [4.78, 5) is 19.0. The molecule has 1 saturated heterocycles. The first-order valence-corrected chi connectivity index (χ1v) is 8.58. The molecule has 1 aliphatic heterocycles. The molecule has 0 radical (unpaired) electrons. The van der Waals surface area contributed by atoms with Crippen LogP contribution < -0.4 is 15.4 Å². The minimum atomic E-state index is -0.885. The Morgan fingerprint density at radius 1 is 1.19 bits per heavy atom. The molecule has 0 unspecified atom stereocenters. The number of pyridine rings is 1. The first-order chi connectivity index (χ1) is 13.1. The van der Waals surface area contributed by atoms with Gasteiger partial charge in [-0.15, -0.1) is 5.10 Å². The lowest BCUT2D eigenvalue weighted by molar-refractivity contribution is 0.142. The molecule has 0 bridgehead atoms. The van der Waals surface area contributed by atoms with E-state index in [1.165, 1.54) is 4.90 Å². The highest BCUT2D eigenvalue weighted by atomic mass is 16.5. The number of nitrogen functional groups attached to an aromatic ring is 1. The molecular weight excluding hydrogens is 348 g/mol. The predicted molar refractivity (Wildman–Crippen MR) is 102 cm³/mol. The van der Waals surface area contributed by atoms with Crippen LogP contribution in [0.3, 0.4) is 0 Å². The zero-order valence-corrected chi connectivity index (χ0v) is 14.9. The third-order valence-corrected chi connectivity index (χ3v) is 4.76. The van der Waals surface area contributed by atoms with Gasteiger partial charge in [0.15, 0.2) is 5.82 Å². The van der Waals surface area contributed by atoms with Gasteiger partial charge >= 0.3 is 6.09 Å². The van der Waals surface area contributed by atoms with Gasteiger partial charge in [0.25, 0.3) is 0 Å². The van der Waals surface area contributed by atoms with Gasteiger partial charge in [-0.1, -0.05) is 0 Å². The number of piperazine rings is 1. The first-order valence-electron chi connectivity index (χ1n) is 8.58. The van der Waals surface area contributed by atoms with Gasteiger partial charge < -0.3 is 25.4 Å². The van der Waals surface area contributed by atoms with Crippen molar-refractivity contribution < 1.29 is 14.6 Å². The smallest absolute Gasteiger partial charge is 0.407 e. The van der Waals surface area contributed by atoms with Gasteiger partial charge in [0.1, 0.15) is 11.6 Å². The molecule has 140 valence electrons. The molecule has 3 heterocycles. The molecule has 27 heavy (non-hydrogen) atoms. The summed E-state index contributed by atoms with van der Waals surface area (Å²) in [7, 11) is 1.62. The van der Waals surface area contributed by atoms with Gasteiger partial charge in [-0.3, -0.25) is 0 Å². The van der Waals surface area contributed by atoms with E-state index in [-0.39, 0.29) is 0 Å². The number of carboxylic acid groups (broad SMARTS) is 1. The summed E-state index contributed by atoms with van der Waals surface area (Å²) in [5.74, 6) is 1.95. The number of nitrogens with zero attached hydrogens (tertiary/aromatic N) is 5. The molecule has 0 atom stereocenters. The molecule has 1 fully saturated rings. The number of amides is 1. The van der Waals surface area contributed by atoms with Gasteiger partial charge in [0.05, 0.1) is 18.3 Å². The number of nitrogens with two attached hydrogens (primary N) is 1. The second-order valence-corrected chi connectivity index (χ2v) is 6.31. The zero-order valence-electron chi connectivity index (χ0n) is 14.9. The Labute approximate surface area is 155 Å². The largest absolute Gasteiger partial charge is 0.497 e. The quantitative estimate of drug-likeness (QED) is 0.725. The van der Waals surface area contributed by atoms with Crippen LogP contribution in [0, 0.1) is 0 Å². The zero-order chi connectivity index (χ0) is 19.0. The monoisotopic (exact) mass is 368 g/mol. The van der Waals surface area contributed by atoms with Gasteiger partial charge in [-0.2, -0.15) is 0 Å². The highest BCUT2D eigenvalue weighted by molar-refractivity contribution is 5.91. The van der Waals surface area contributed by atoms with Crippen LogP contribution in [-0.2, 0) is 0 Å². The fraction of sp³-hybridized carbons (Fsp3) is 0.278. The van der Waals surface area contributed by atoms with Crippen LogP contribution in [0.5, 0.6) is 5.75 Å². The number of fused-ring (bicyclic) bond motifs is 1. The molecule has 4 rings (SSSR count). The molecule has 3 aromatic rings. The highest BCUT2D eigenvalue weighted by Gasteiger charge is 2.21. The summed E-state index contributed by atoms with van der Waals surface area (Å²) in [6.45, 7) is 2.10. The molecule has 9 nitrogen and oxygen atoms in total. The fourth-order valence-corrected chi connectivity index (χ4v) is 3.28. The third-order valence-electron chi connectivity index (χ3n) is 4.76. The van der Waals surface area contributed by atoms with E-state index in [9.17, 15) is 4.79 Å². The fourth-order valence-electron chi connectivity index (χ4n) is 3.28. The summed E-state index contributed by atoms with van der Waals surface area (Å²) in [6, 6.07) is 9.43. The van der Waals surface area contributed by atoms with E-state index in [0.29, 0.717) is 32.0 Å². The van der Waals surface area contributed by atoms with E-state index in [1.807, 2.05) is 30.3 Å². The van der Waals surface area contributed by atoms with Crippen molar-refractivity contribution in [2.45, 2.75) is 0 Å². The molecule has 2 aromatic heterocycles. The Bertz CT molecular complexity index is 994. The molecule has 9 heteroatoms. The van der Waals surface area contributed by atoms with E-state index in [0.717, 1.165) is 28.2 Å². The summed E-state index contributed by atoms with van der Waals surface area (Å²) >= 11 is 0. The SMILES string of the molecule is COc1ccc2c(N)nn(-c3ccnc(N4CCN(C(=O)O)CC4)c3)c2c1. The maximum absolute atomic E-state index is 11.1. The molecule has 0 spiro atoms. The van der Waals surface area contributed by atoms with Crippen LogP contribution in [0.2, 0.25) is 0 Å². The number of aromatic nitrogens is 3. The van der Waals surface area contributed by atoms with Crippen molar-refractivity contribution in [3.05, 3.63) is 36.5 Å². The van der Waals surface area contributed by atoms with Crippen LogP contribution in [0.25, 0.3) is 16.6 Å². The average molecular weight is 368 g/mol. The number of methoxy groups -OCH3 is 1. The Balaban J connectivity index is 1.67. The summed E-state index contributed by atoms with van der Waals surface area (Å²) in [5, 5.41) is 14.4. The normalized spacial score (nSPS) is 14.6. The predicted octanol–water partition coefficient (Wildman–Crippen LogP) is 1.81. The van der Waals surface area contributed by atoms with Crippen LogP contribution in [0.4, 0.5) is 16.4 Å². The average Bonchev–Trinajstić information content (AvgIpc) is 3.04. The Kier molecular flexibility index (Phi) is 4.19. The van der Waals surface area contributed by atoms with Crippen molar-refractivity contribution in [1.82, 2.24) is 19.7 Å². The standard InChI is InChI=1S/C18H20N6O3/c1-27-13-2-3-14-15(11-13)24(21-17(14)19)12-4-5-20-16(10-12)22-6-8-23(9-7-22)18(25)26/h2-5,10-11H,6-9H2,1H3,(H2,19,21)(H,25,26). The highest BCUT2D eigenvalue weighted by Crippen LogP contribution is 2.28. The van der Waals surface area contributed by atoms with Crippen molar-refractivity contribution in [2.24, 2.45) is 0 Å². The van der Waals surface area contributed by atoms with Gasteiger partial charge in [0, 0.05) is 49.9 Å². The Hall–Kier alpha value is -3.49. The summed E-state index contributed by atoms with van der Waals surface area (Å²) in [5.41, 5.74) is 7.75. The molecule has 1 amide bonds. The lowest BCUT2D eigenvalue weighted by atomic mass is 10.2. The van der Waals surface area contributed by atoms with E-state index < -0.39 is 6.09 Å². The molecule has 0 saturated carbocycles. The van der Waals surface area contributed by atoms with E-state index >= 15 is 0 Å². The minimum absolute atomic E-state index is 0.445. The number of hydrogen-bond donors (Lipinski definition) is 2. The van der Waals surface area contributed by atoms with Crippen molar-refractivity contribution in [3.63, 3.8) is 0 Å². The molecule has 0 aliphatic carbocycles. The van der Waals surface area contributed by atoms with E-state index in [1.54, 1.807) is 18.0 Å². The summed E-state index contributed by atoms with van der Waals surface area (Å²) in [6.07, 6.45) is 0.835. The maximum atomic E-state index is 11.1. The molecule has 1 aliphatic rings. The number of anilines is 2. The molecular formula is C18H20N6O3. The van der Waals surface area contributed by atoms with Gasteiger partial charge in [-0.25, -0.2) is 14.5 Å². The maximum Gasteiger partial charge on any atom is 0.407 e. The Morgan fingerprint density at radius 3 is 2.67 bits per heavy atom. The molecule has 3 N–H and O–H groups in total. The Morgan fingerprint density at radius 2 is 1.96 bits per heavy atom. The lowest BCUT2D eigenvalue weighted by Crippen LogP contribution is -2.48. The summed E-state index contributed by atoms with van der Waals surface area (Å²) < 4.78 is 7.09. The van der Waals surface area contributed by atoms with E-state index in [2.05, 4.69) is 15.0 Å². The second-order valence-electron chi connectivity index (χ2n) is 6.31. The van der Waals surface area contributed by atoms with Crippen molar-refractivity contribution in [3.8, 4) is 11.4 Å². The van der Waals surface area contributed by atoms with Gasteiger partial charge in [0.2, 0.25) is 0 Å². The van der Waals surface area contributed by atoms with Crippen LogP contribution in [-0.4, -0.2) is 64.2 Å².